The number of carbonyl (C=O) groups is 1. The van der Waals surface area contributed by atoms with Crippen molar-refractivity contribution in [2.24, 2.45) is 5.10 Å². The standard InChI is InChI=1S/C22H18N4O4/c27-22(25-24-15-18-4-3-13-23-14-18)16-30-21-6-2-1-5-19(21)10-7-17-8-11-20(12-9-17)26(28)29/h1-15H,16H2,(H,25,27)/b10-7+,24-15+. The lowest BCUT2D eigenvalue weighted by molar-refractivity contribution is -0.384. The molecule has 30 heavy (non-hydrogen) atoms. The number of benzene rings is 2. The number of pyridine rings is 1. The summed E-state index contributed by atoms with van der Waals surface area (Å²) in [5, 5.41) is 14.6. The van der Waals surface area contributed by atoms with Gasteiger partial charge in [-0.3, -0.25) is 19.9 Å². The van der Waals surface area contributed by atoms with Gasteiger partial charge in [-0.1, -0.05) is 36.4 Å². The number of para-hydroxylation sites is 1. The summed E-state index contributed by atoms with van der Waals surface area (Å²) in [6, 6.07) is 17.0. The van der Waals surface area contributed by atoms with E-state index in [1.165, 1.54) is 18.3 Å². The number of ether oxygens (including phenoxy) is 1. The van der Waals surface area contributed by atoms with Gasteiger partial charge in [-0.25, -0.2) is 5.43 Å². The Balaban J connectivity index is 1.57. The molecule has 1 N–H and O–H groups in total. The Morgan fingerprint density at radius 3 is 2.60 bits per heavy atom. The van der Waals surface area contributed by atoms with Gasteiger partial charge < -0.3 is 4.74 Å². The van der Waals surface area contributed by atoms with E-state index in [-0.39, 0.29) is 12.3 Å². The number of aromatic nitrogens is 1. The number of nitro groups is 1. The summed E-state index contributed by atoms with van der Waals surface area (Å²) in [5.74, 6) is 0.131. The summed E-state index contributed by atoms with van der Waals surface area (Å²) in [5.41, 5.74) is 4.77. The quantitative estimate of drug-likeness (QED) is 0.268. The smallest absolute Gasteiger partial charge is 0.277 e. The van der Waals surface area contributed by atoms with Crippen LogP contribution in [0, 0.1) is 10.1 Å². The summed E-state index contributed by atoms with van der Waals surface area (Å²) >= 11 is 0. The van der Waals surface area contributed by atoms with Crippen molar-refractivity contribution in [3.63, 3.8) is 0 Å². The number of nitro benzene ring substituents is 1. The average Bonchev–Trinajstić information content (AvgIpc) is 2.78. The first-order chi connectivity index (χ1) is 14.6. The van der Waals surface area contributed by atoms with Gasteiger partial charge in [0.15, 0.2) is 6.61 Å². The van der Waals surface area contributed by atoms with Gasteiger partial charge in [-0.2, -0.15) is 5.10 Å². The molecule has 0 aliphatic rings. The summed E-state index contributed by atoms with van der Waals surface area (Å²) in [7, 11) is 0. The van der Waals surface area contributed by atoms with Crippen LogP contribution in [0.15, 0.2) is 78.2 Å². The second kappa shape index (κ2) is 10.3. The van der Waals surface area contributed by atoms with Crippen LogP contribution in [0.4, 0.5) is 5.69 Å². The minimum absolute atomic E-state index is 0.0353. The molecule has 8 heteroatoms. The van der Waals surface area contributed by atoms with Crippen molar-refractivity contribution in [1.29, 1.82) is 0 Å². The summed E-state index contributed by atoms with van der Waals surface area (Å²) in [6.07, 6.45) is 8.39. The molecule has 0 bridgehead atoms. The van der Waals surface area contributed by atoms with Gasteiger partial charge in [0, 0.05) is 35.7 Å². The van der Waals surface area contributed by atoms with Crippen LogP contribution >= 0.6 is 0 Å². The molecule has 8 nitrogen and oxygen atoms in total. The molecule has 0 aliphatic heterocycles. The van der Waals surface area contributed by atoms with E-state index in [1.54, 1.807) is 42.7 Å². The Morgan fingerprint density at radius 2 is 1.87 bits per heavy atom. The Kier molecular flexibility index (Phi) is 6.99. The number of nitrogens with one attached hydrogen (secondary N) is 1. The van der Waals surface area contributed by atoms with Gasteiger partial charge in [-0.15, -0.1) is 0 Å². The van der Waals surface area contributed by atoms with Crippen LogP contribution in [-0.2, 0) is 4.79 Å². The Bertz CT molecular complexity index is 1060. The highest BCUT2D eigenvalue weighted by Gasteiger charge is 2.05. The zero-order chi connectivity index (χ0) is 21.2. The second-order valence-corrected chi connectivity index (χ2v) is 6.09. The van der Waals surface area contributed by atoms with E-state index in [0.717, 1.165) is 16.7 Å². The van der Waals surface area contributed by atoms with Crippen LogP contribution in [0.5, 0.6) is 5.75 Å². The molecule has 0 radical (unpaired) electrons. The number of nitrogens with zero attached hydrogens (tertiary/aromatic N) is 3. The van der Waals surface area contributed by atoms with Crippen molar-refractivity contribution < 1.29 is 14.5 Å². The maximum Gasteiger partial charge on any atom is 0.277 e. The van der Waals surface area contributed by atoms with Crippen LogP contribution in [0.2, 0.25) is 0 Å². The minimum atomic E-state index is -0.442. The van der Waals surface area contributed by atoms with E-state index in [4.69, 9.17) is 4.74 Å². The third kappa shape index (κ3) is 6.10. The van der Waals surface area contributed by atoms with E-state index in [1.807, 2.05) is 30.4 Å². The highest BCUT2D eigenvalue weighted by Crippen LogP contribution is 2.21. The van der Waals surface area contributed by atoms with E-state index >= 15 is 0 Å². The molecule has 1 aromatic heterocycles. The van der Waals surface area contributed by atoms with Crippen LogP contribution in [0.25, 0.3) is 12.2 Å². The van der Waals surface area contributed by atoms with Crippen molar-refractivity contribution in [2.45, 2.75) is 0 Å². The largest absolute Gasteiger partial charge is 0.483 e. The molecule has 0 fully saturated rings. The van der Waals surface area contributed by atoms with Gasteiger partial charge in [0.1, 0.15) is 5.75 Å². The fourth-order valence-electron chi connectivity index (χ4n) is 2.45. The molecule has 2 aromatic carbocycles. The Labute approximate surface area is 172 Å². The molecule has 3 aromatic rings. The molecule has 0 aliphatic carbocycles. The minimum Gasteiger partial charge on any atom is -0.483 e. The molecule has 3 rings (SSSR count). The lowest BCUT2D eigenvalue weighted by Gasteiger charge is -2.08. The fourth-order valence-corrected chi connectivity index (χ4v) is 2.45. The second-order valence-electron chi connectivity index (χ2n) is 6.09. The molecular formula is C22H18N4O4. The molecule has 150 valence electrons. The molecule has 0 saturated carbocycles. The van der Waals surface area contributed by atoms with Gasteiger partial charge >= 0.3 is 0 Å². The normalized spacial score (nSPS) is 10.9. The molecule has 0 unspecified atom stereocenters. The number of hydrogen-bond acceptors (Lipinski definition) is 6. The molecule has 0 atom stereocenters. The van der Waals surface area contributed by atoms with Crippen molar-refractivity contribution in [3.8, 4) is 5.75 Å². The lowest BCUT2D eigenvalue weighted by atomic mass is 10.1. The van der Waals surface area contributed by atoms with Crippen LogP contribution in [0.1, 0.15) is 16.7 Å². The van der Waals surface area contributed by atoms with Crippen LogP contribution in [0.3, 0.4) is 0 Å². The molecule has 1 heterocycles. The highest BCUT2D eigenvalue weighted by atomic mass is 16.6. The topological polar surface area (TPSA) is 107 Å². The maximum atomic E-state index is 11.9. The Morgan fingerprint density at radius 1 is 1.07 bits per heavy atom. The molecule has 0 spiro atoms. The number of amides is 1. The molecule has 1 amide bonds. The molecule has 0 saturated heterocycles. The maximum absolute atomic E-state index is 11.9. The Hall–Kier alpha value is -4.33. The third-order valence-corrected chi connectivity index (χ3v) is 3.92. The van der Waals surface area contributed by atoms with Crippen molar-refractivity contribution in [1.82, 2.24) is 10.4 Å². The van der Waals surface area contributed by atoms with Gasteiger partial charge in [0.25, 0.3) is 11.6 Å². The zero-order valence-corrected chi connectivity index (χ0v) is 15.8. The number of non-ortho nitro benzene ring substituents is 1. The van der Waals surface area contributed by atoms with Gasteiger partial charge in [0.2, 0.25) is 0 Å². The van der Waals surface area contributed by atoms with Gasteiger partial charge in [0.05, 0.1) is 11.1 Å². The van der Waals surface area contributed by atoms with Crippen molar-refractivity contribution in [3.05, 3.63) is 99.9 Å². The predicted molar refractivity (Wildman–Crippen MR) is 114 cm³/mol. The van der Waals surface area contributed by atoms with Crippen molar-refractivity contribution >= 4 is 30.0 Å². The van der Waals surface area contributed by atoms with E-state index < -0.39 is 10.8 Å². The average molecular weight is 402 g/mol. The first-order valence-electron chi connectivity index (χ1n) is 8.98. The highest BCUT2D eigenvalue weighted by molar-refractivity contribution is 5.82. The number of hydrogen-bond donors (Lipinski definition) is 1. The zero-order valence-electron chi connectivity index (χ0n) is 15.8. The summed E-state index contributed by atoms with van der Waals surface area (Å²) < 4.78 is 5.60. The summed E-state index contributed by atoms with van der Waals surface area (Å²) in [4.78, 5) is 26.2. The van der Waals surface area contributed by atoms with E-state index in [9.17, 15) is 14.9 Å². The fraction of sp³-hybridized carbons (Fsp3) is 0.0455. The number of carbonyl (C=O) groups excluding carboxylic acids is 1. The first kappa shape index (κ1) is 20.4. The van der Waals surface area contributed by atoms with Crippen LogP contribution < -0.4 is 10.2 Å². The first-order valence-corrected chi connectivity index (χ1v) is 8.98. The molecular weight excluding hydrogens is 384 g/mol. The third-order valence-electron chi connectivity index (χ3n) is 3.92. The predicted octanol–water partition coefficient (Wildman–Crippen LogP) is 3.69. The van der Waals surface area contributed by atoms with Crippen molar-refractivity contribution in [2.75, 3.05) is 6.61 Å². The number of rotatable bonds is 8. The number of hydrazone groups is 1. The lowest BCUT2D eigenvalue weighted by Crippen LogP contribution is -2.24. The SMILES string of the molecule is O=C(COc1ccccc1/C=C/c1ccc([N+](=O)[O-])cc1)N/N=C/c1cccnc1. The van der Waals surface area contributed by atoms with E-state index in [0.29, 0.717) is 5.75 Å². The summed E-state index contributed by atoms with van der Waals surface area (Å²) in [6.45, 7) is -0.202. The van der Waals surface area contributed by atoms with Crippen LogP contribution in [-0.4, -0.2) is 28.6 Å². The monoisotopic (exact) mass is 402 g/mol. The van der Waals surface area contributed by atoms with Gasteiger partial charge in [-0.05, 0) is 29.8 Å². The van der Waals surface area contributed by atoms with E-state index in [2.05, 4.69) is 15.5 Å².